The summed E-state index contributed by atoms with van der Waals surface area (Å²) in [6.07, 6.45) is -3.95. The van der Waals surface area contributed by atoms with Gasteiger partial charge < -0.3 is 15.5 Å². The van der Waals surface area contributed by atoms with Crippen LogP contribution in [0.2, 0.25) is 0 Å². The van der Waals surface area contributed by atoms with Gasteiger partial charge in [-0.15, -0.1) is 0 Å². The molecule has 0 aliphatic rings. The summed E-state index contributed by atoms with van der Waals surface area (Å²) < 4.78 is 37.1. The quantitative estimate of drug-likeness (QED) is 0.644. The lowest BCUT2D eigenvalue weighted by molar-refractivity contribution is -0.193. The zero-order valence-electron chi connectivity index (χ0n) is 9.84. The topological polar surface area (TPSA) is 69.6 Å². The molecule has 0 spiro atoms. The number of nitrogens with one attached hydrogen (secondary N) is 1. The van der Waals surface area contributed by atoms with Crippen molar-refractivity contribution in [2.24, 2.45) is 5.92 Å². The Kier molecular flexibility index (Phi) is 5.91. The summed E-state index contributed by atoms with van der Waals surface area (Å²) in [5, 5.41) is 20.2. The van der Waals surface area contributed by atoms with Gasteiger partial charge in [0.05, 0.1) is 6.61 Å². The summed E-state index contributed by atoms with van der Waals surface area (Å²) in [4.78, 5) is 10.5. The molecule has 1 unspecified atom stereocenters. The number of aliphatic hydroxyl groups excluding tert-OH is 1. The summed E-state index contributed by atoms with van der Waals surface area (Å²) in [6, 6.07) is 0. The Balaban J connectivity index is 4.65. The van der Waals surface area contributed by atoms with Crippen LogP contribution in [0.5, 0.6) is 0 Å². The minimum Gasteiger partial charge on any atom is -0.481 e. The van der Waals surface area contributed by atoms with Gasteiger partial charge in [0.1, 0.15) is 0 Å². The Morgan fingerprint density at radius 2 is 1.76 bits per heavy atom. The van der Waals surface area contributed by atoms with Crippen molar-refractivity contribution in [2.75, 3.05) is 13.2 Å². The Bertz CT molecular complexity index is 243. The van der Waals surface area contributed by atoms with E-state index in [1.807, 2.05) is 0 Å². The van der Waals surface area contributed by atoms with E-state index in [1.54, 1.807) is 13.8 Å². The maximum atomic E-state index is 12.4. The van der Waals surface area contributed by atoms with E-state index >= 15 is 0 Å². The minimum atomic E-state index is -4.79. The van der Waals surface area contributed by atoms with E-state index in [9.17, 15) is 18.0 Å². The Labute approximate surface area is 97.8 Å². The van der Waals surface area contributed by atoms with Crippen LogP contribution in [0.25, 0.3) is 0 Å². The van der Waals surface area contributed by atoms with Gasteiger partial charge in [-0.2, -0.15) is 13.2 Å². The molecule has 0 aromatic rings. The average molecular weight is 257 g/mol. The zero-order chi connectivity index (χ0) is 13.7. The van der Waals surface area contributed by atoms with Crippen molar-refractivity contribution in [3.05, 3.63) is 0 Å². The van der Waals surface area contributed by atoms with E-state index in [0.29, 0.717) is 12.8 Å². The minimum absolute atomic E-state index is 0.329. The molecule has 7 heteroatoms. The highest BCUT2D eigenvalue weighted by Gasteiger charge is 2.45. The van der Waals surface area contributed by atoms with Crippen LogP contribution in [-0.4, -0.2) is 41.0 Å². The number of aliphatic hydroxyl groups is 1. The maximum Gasteiger partial charge on any atom is 0.403 e. The number of rotatable bonds is 7. The highest BCUT2D eigenvalue weighted by atomic mass is 19.4. The van der Waals surface area contributed by atoms with Crippen LogP contribution in [0.4, 0.5) is 13.2 Å². The van der Waals surface area contributed by atoms with Gasteiger partial charge in [0, 0.05) is 12.1 Å². The summed E-state index contributed by atoms with van der Waals surface area (Å²) in [6.45, 7) is 2.37. The summed E-state index contributed by atoms with van der Waals surface area (Å²) in [5.74, 6) is -4.37. The molecule has 3 N–H and O–H groups in total. The lowest BCUT2D eigenvalue weighted by atomic mass is 9.93. The number of carboxylic acids is 1. The van der Waals surface area contributed by atoms with Gasteiger partial charge in [-0.05, 0) is 12.8 Å². The molecule has 0 rings (SSSR count). The Morgan fingerprint density at radius 1 is 1.29 bits per heavy atom. The number of carbonyl (C=O) groups is 1. The van der Waals surface area contributed by atoms with Gasteiger partial charge in [-0.25, -0.2) is 0 Å². The lowest BCUT2D eigenvalue weighted by Crippen LogP contribution is -2.52. The van der Waals surface area contributed by atoms with Gasteiger partial charge in [-0.3, -0.25) is 4.79 Å². The van der Waals surface area contributed by atoms with Crippen molar-refractivity contribution < 1.29 is 28.2 Å². The fourth-order valence-corrected chi connectivity index (χ4v) is 1.44. The summed E-state index contributed by atoms with van der Waals surface area (Å²) in [7, 11) is 0. The highest BCUT2D eigenvalue weighted by molar-refractivity contribution is 5.71. The fraction of sp³-hybridized carbons (Fsp3) is 0.900. The van der Waals surface area contributed by atoms with Crippen LogP contribution in [0.15, 0.2) is 0 Å². The second-order valence-electron chi connectivity index (χ2n) is 3.96. The number of hydrogen-bond donors (Lipinski definition) is 3. The van der Waals surface area contributed by atoms with Crippen LogP contribution in [0, 0.1) is 5.92 Å². The van der Waals surface area contributed by atoms with Crippen molar-refractivity contribution >= 4 is 5.97 Å². The third kappa shape index (κ3) is 4.51. The number of aliphatic carboxylic acids is 1. The van der Waals surface area contributed by atoms with E-state index in [2.05, 4.69) is 5.32 Å². The van der Waals surface area contributed by atoms with E-state index in [0.717, 1.165) is 0 Å². The first kappa shape index (κ1) is 16.2. The molecule has 0 fully saturated rings. The van der Waals surface area contributed by atoms with Crippen molar-refractivity contribution in [3.8, 4) is 0 Å². The first-order valence-electron chi connectivity index (χ1n) is 5.37. The van der Waals surface area contributed by atoms with Crippen LogP contribution < -0.4 is 5.32 Å². The first-order valence-corrected chi connectivity index (χ1v) is 5.37. The molecule has 0 heterocycles. The third-order valence-electron chi connectivity index (χ3n) is 3.03. The normalized spacial score (nSPS) is 14.7. The van der Waals surface area contributed by atoms with E-state index in [4.69, 9.17) is 10.2 Å². The van der Waals surface area contributed by atoms with Crippen LogP contribution >= 0.6 is 0 Å². The van der Waals surface area contributed by atoms with Crippen molar-refractivity contribution in [1.82, 2.24) is 5.32 Å². The maximum absolute atomic E-state index is 12.4. The van der Waals surface area contributed by atoms with Crippen LogP contribution in [0.3, 0.4) is 0 Å². The predicted octanol–water partition coefficient (Wildman–Crippen LogP) is 1.39. The van der Waals surface area contributed by atoms with Crippen molar-refractivity contribution in [1.29, 1.82) is 0 Å². The number of carboxylic acid groups (broad SMARTS) is 1. The second kappa shape index (κ2) is 6.20. The van der Waals surface area contributed by atoms with Crippen molar-refractivity contribution in [3.63, 3.8) is 0 Å². The first-order chi connectivity index (χ1) is 7.72. The third-order valence-corrected chi connectivity index (χ3v) is 3.03. The SMILES string of the molecule is CCC(CC)(CO)NCC(C(=O)O)C(F)(F)F. The molecule has 1 atom stereocenters. The van der Waals surface area contributed by atoms with Crippen molar-refractivity contribution in [2.45, 2.75) is 38.4 Å². The second-order valence-corrected chi connectivity index (χ2v) is 3.96. The number of hydrogen-bond acceptors (Lipinski definition) is 3. The largest absolute Gasteiger partial charge is 0.481 e. The molecule has 0 aliphatic heterocycles. The molecule has 0 aliphatic carbocycles. The van der Waals surface area contributed by atoms with Gasteiger partial charge in [0.25, 0.3) is 0 Å². The molecule has 0 radical (unpaired) electrons. The number of halogens is 3. The van der Waals surface area contributed by atoms with Gasteiger partial charge in [-0.1, -0.05) is 13.8 Å². The molecule has 0 bridgehead atoms. The molecule has 102 valence electrons. The Hall–Kier alpha value is -0.820. The highest BCUT2D eigenvalue weighted by Crippen LogP contribution is 2.27. The van der Waals surface area contributed by atoms with Gasteiger partial charge in [0.15, 0.2) is 5.92 Å². The van der Waals surface area contributed by atoms with E-state index in [1.165, 1.54) is 0 Å². The summed E-state index contributed by atoms with van der Waals surface area (Å²) in [5.41, 5.74) is -0.848. The number of alkyl halides is 3. The average Bonchev–Trinajstić information content (AvgIpc) is 2.23. The molecule has 0 aromatic heterocycles. The molecule has 17 heavy (non-hydrogen) atoms. The molecule has 0 saturated carbocycles. The molecule has 0 aromatic carbocycles. The van der Waals surface area contributed by atoms with Crippen LogP contribution in [0.1, 0.15) is 26.7 Å². The van der Waals surface area contributed by atoms with E-state index in [-0.39, 0.29) is 6.61 Å². The van der Waals surface area contributed by atoms with Gasteiger partial charge in [0.2, 0.25) is 0 Å². The summed E-state index contributed by atoms with van der Waals surface area (Å²) >= 11 is 0. The standard InChI is InChI=1S/C10H18F3NO3/c1-3-9(4-2,6-15)14-5-7(8(16)17)10(11,12)13/h7,14-15H,3-6H2,1-2H3,(H,16,17). The van der Waals surface area contributed by atoms with E-state index < -0.39 is 30.1 Å². The lowest BCUT2D eigenvalue weighted by Gasteiger charge is -2.32. The molecule has 0 saturated heterocycles. The molecular formula is C10H18F3NO3. The molecule has 4 nitrogen and oxygen atoms in total. The predicted molar refractivity (Wildman–Crippen MR) is 55.6 cm³/mol. The monoisotopic (exact) mass is 257 g/mol. The Morgan fingerprint density at radius 3 is 2.00 bits per heavy atom. The molecule has 0 amide bonds. The molecular weight excluding hydrogens is 239 g/mol. The zero-order valence-corrected chi connectivity index (χ0v) is 9.84. The fourth-order valence-electron chi connectivity index (χ4n) is 1.44. The van der Waals surface area contributed by atoms with Crippen LogP contribution in [-0.2, 0) is 4.79 Å². The van der Waals surface area contributed by atoms with Gasteiger partial charge >= 0.3 is 12.1 Å². The smallest absolute Gasteiger partial charge is 0.403 e.